The molecule has 0 spiro atoms. The van der Waals surface area contributed by atoms with E-state index in [0.717, 1.165) is 22.1 Å². The molecule has 4 rings (SSSR count). The fourth-order valence-electron chi connectivity index (χ4n) is 3.52. The zero-order chi connectivity index (χ0) is 19.7. The summed E-state index contributed by atoms with van der Waals surface area (Å²) in [5.74, 6) is 1.89. The number of ether oxygens (including phenoxy) is 2. The van der Waals surface area contributed by atoms with E-state index < -0.39 is 10.0 Å². The molecule has 1 saturated heterocycles. The number of fused-ring (bicyclic) bond motifs is 1. The minimum atomic E-state index is -3.66. The van der Waals surface area contributed by atoms with Crippen LogP contribution in [-0.4, -0.2) is 39.2 Å². The molecule has 0 N–H and O–H groups in total. The smallest absolute Gasteiger partial charge is 0.244 e. The maximum atomic E-state index is 13.5. The highest BCUT2D eigenvalue weighted by molar-refractivity contribution is 8.01. The van der Waals surface area contributed by atoms with Crippen LogP contribution in [0.2, 0.25) is 0 Å². The molecule has 5 nitrogen and oxygen atoms in total. The van der Waals surface area contributed by atoms with Gasteiger partial charge in [0.2, 0.25) is 10.0 Å². The third-order valence-corrected chi connectivity index (χ3v) is 8.11. The number of thioether (sulfide) groups is 1. The summed E-state index contributed by atoms with van der Waals surface area (Å²) in [6.45, 7) is 0.449. The van der Waals surface area contributed by atoms with Crippen molar-refractivity contribution in [3.63, 3.8) is 0 Å². The van der Waals surface area contributed by atoms with Gasteiger partial charge >= 0.3 is 0 Å². The molecular formula is C21H21NO4S2. The van der Waals surface area contributed by atoms with Gasteiger partial charge in [-0.1, -0.05) is 42.5 Å². The largest absolute Gasteiger partial charge is 0.493 e. The molecule has 0 aliphatic carbocycles. The van der Waals surface area contributed by atoms with Crippen molar-refractivity contribution in [3.05, 3.63) is 66.2 Å². The minimum absolute atomic E-state index is 0.306. The second-order valence-electron chi connectivity index (χ2n) is 6.43. The Balaban J connectivity index is 1.77. The number of sulfonamides is 1. The van der Waals surface area contributed by atoms with E-state index >= 15 is 0 Å². The Hall–Kier alpha value is -2.22. The van der Waals surface area contributed by atoms with Crippen molar-refractivity contribution in [3.8, 4) is 11.5 Å². The zero-order valence-corrected chi connectivity index (χ0v) is 17.3. The highest BCUT2D eigenvalue weighted by Crippen LogP contribution is 2.47. The summed E-state index contributed by atoms with van der Waals surface area (Å²) < 4.78 is 39.4. The molecule has 3 aromatic carbocycles. The first-order valence-electron chi connectivity index (χ1n) is 8.89. The molecule has 28 heavy (non-hydrogen) atoms. The highest BCUT2D eigenvalue weighted by atomic mass is 32.2. The molecule has 146 valence electrons. The molecule has 1 fully saturated rings. The Morgan fingerprint density at radius 1 is 0.964 bits per heavy atom. The fourth-order valence-corrected chi connectivity index (χ4v) is 6.80. The van der Waals surface area contributed by atoms with Gasteiger partial charge in [-0.25, -0.2) is 8.42 Å². The predicted molar refractivity (Wildman–Crippen MR) is 113 cm³/mol. The number of hydrogen-bond acceptors (Lipinski definition) is 5. The molecule has 0 unspecified atom stereocenters. The molecule has 1 heterocycles. The number of benzene rings is 3. The number of hydrogen-bond donors (Lipinski definition) is 0. The Morgan fingerprint density at radius 2 is 1.75 bits per heavy atom. The first kappa shape index (κ1) is 19.1. The van der Waals surface area contributed by atoms with Gasteiger partial charge in [0, 0.05) is 17.9 Å². The van der Waals surface area contributed by atoms with E-state index in [-0.39, 0.29) is 5.37 Å². The van der Waals surface area contributed by atoms with Crippen LogP contribution in [0.25, 0.3) is 10.8 Å². The van der Waals surface area contributed by atoms with Crippen LogP contribution in [-0.2, 0) is 10.0 Å². The van der Waals surface area contributed by atoms with Crippen molar-refractivity contribution in [2.24, 2.45) is 0 Å². The van der Waals surface area contributed by atoms with E-state index in [9.17, 15) is 8.42 Å². The van der Waals surface area contributed by atoms with Crippen LogP contribution < -0.4 is 9.47 Å². The molecule has 0 saturated carbocycles. The number of para-hydroxylation sites is 1. The predicted octanol–water partition coefficient (Wildman–Crippen LogP) is 4.29. The van der Waals surface area contributed by atoms with Crippen LogP contribution in [0, 0.1) is 0 Å². The fraction of sp³-hybridized carbons (Fsp3) is 0.238. The lowest BCUT2D eigenvalue weighted by molar-refractivity contribution is 0.345. The van der Waals surface area contributed by atoms with Crippen molar-refractivity contribution in [1.82, 2.24) is 4.31 Å². The summed E-state index contributed by atoms with van der Waals surface area (Å²) in [6, 6.07) is 18.6. The molecule has 1 aliphatic heterocycles. The summed E-state index contributed by atoms with van der Waals surface area (Å²) in [5, 5.41) is 1.57. The van der Waals surface area contributed by atoms with E-state index in [0.29, 0.717) is 22.9 Å². The molecule has 0 amide bonds. The second-order valence-corrected chi connectivity index (χ2v) is 9.51. The maximum Gasteiger partial charge on any atom is 0.244 e. The van der Waals surface area contributed by atoms with Crippen LogP contribution in [0.3, 0.4) is 0 Å². The van der Waals surface area contributed by atoms with Gasteiger partial charge in [0.15, 0.2) is 11.5 Å². The molecule has 1 atom stereocenters. The number of methoxy groups -OCH3 is 2. The molecule has 0 aromatic heterocycles. The van der Waals surface area contributed by atoms with Gasteiger partial charge in [-0.2, -0.15) is 4.31 Å². The summed E-state index contributed by atoms with van der Waals surface area (Å²) in [6.07, 6.45) is 0. The van der Waals surface area contributed by atoms with Crippen molar-refractivity contribution < 1.29 is 17.9 Å². The van der Waals surface area contributed by atoms with Crippen LogP contribution >= 0.6 is 11.8 Å². The molecule has 0 radical (unpaired) electrons. The van der Waals surface area contributed by atoms with Crippen LogP contribution in [0.4, 0.5) is 0 Å². The third kappa shape index (κ3) is 3.23. The lowest BCUT2D eigenvalue weighted by Gasteiger charge is -2.25. The number of rotatable bonds is 5. The molecule has 1 aliphatic rings. The van der Waals surface area contributed by atoms with Crippen molar-refractivity contribution >= 4 is 32.6 Å². The SMILES string of the molecule is COc1cccc([C@H]2SCCN2S(=O)(=O)c2ccc3ccccc3c2)c1OC. The monoisotopic (exact) mass is 415 g/mol. The van der Waals surface area contributed by atoms with E-state index in [2.05, 4.69) is 0 Å². The molecular weight excluding hydrogens is 394 g/mol. The lowest BCUT2D eigenvalue weighted by atomic mass is 10.1. The topological polar surface area (TPSA) is 55.8 Å². The van der Waals surface area contributed by atoms with Gasteiger partial charge in [-0.3, -0.25) is 0 Å². The maximum absolute atomic E-state index is 13.5. The summed E-state index contributed by atoms with van der Waals surface area (Å²) in [7, 11) is -0.507. The quantitative estimate of drug-likeness (QED) is 0.622. The average Bonchev–Trinajstić information content (AvgIpc) is 3.23. The average molecular weight is 416 g/mol. The Bertz CT molecular complexity index is 1110. The second kappa shape index (κ2) is 7.66. The Kier molecular flexibility index (Phi) is 5.23. The Morgan fingerprint density at radius 3 is 2.50 bits per heavy atom. The van der Waals surface area contributed by atoms with Gasteiger partial charge in [0.05, 0.1) is 24.5 Å². The van der Waals surface area contributed by atoms with Crippen LogP contribution in [0.5, 0.6) is 11.5 Å². The van der Waals surface area contributed by atoms with Gasteiger partial charge in [0.1, 0.15) is 0 Å². The first-order chi connectivity index (χ1) is 13.6. The summed E-state index contributed by atoms with van der Waals surface area (Å²) in [4.78, 5) is 0.306. The van der Waals surface area contributed by atoms with Gasteiger partial charge in [-0.15, -0.1) is 11.8 Å². The summed E-state index contributed by atoms with van der Waals surface area (Å²) >= 11 is 1.59. The van der Waals surface area contributed by atoms with Gasteiger partial charge in [-0.05, 0) is 29.0 Å². The zero-order valence-electron chi connectivity index (χ0n) is 15.7. The van der Waals surface area contributed by atoms with Crippen molar-refractivity contribution in [2.45, 2.75) is 10.3 Å². The minimum Gasteiger partial charge on any atom is -0.493 e. The number of nitrogens with zero attached hydrogens (tertiary/aromatic N) is 1. The van der Waals surface area contributed by atoms with Crippen LogP contribution in [0.15, 0.2) is 65.6 Å². The Labute approximate surface area is 169 Å². The lowest BCUT2D eigenvalue weighted by Crippen LogP contribution is -2.30. The third-order valence-electron chi connectivity index (χ3n) is 4.88. The summed E-state index contributed by atoms with van der Waals surface area (Å²) in [5.41, 5.74) is 0.800. The molecule has 3 aromatic rings. The standard InChI is InChI=1S/C21H21NO4S2/c1-25-19-9-5-8-18(20(19)26-2)21-22(12-13-27-21)28(23,24)17-11-10-15-6-3-4-7-16(15)14-17/h3-11,14,21H,12-13H2,1-2H3/t21-/m1/s1. The molecule has 0 bridgehead atoms. The normalized spacial score (nSPS) is 17.7. The molecule has 7 heteroatoms. The van der Waals surface area contributed by atoms with Gasteiger partial charge < -0.3 is 9.47 Å². The van der Waals surface area contributed by atoms with E-state index in [1.54, 1.807) is 42.4 Å². The van der Waals surface area contributed by atoms with E-state index in [1.807, 2.05) is 48.5 Å². The van der Waals surface area contributed by atoms with Gasteiger partial charge in [0.25, 0.3) is 0 Å². The van der Waals surface area contributed by atoms with E-state index in [1.165, 1.54) is 0 Å². The highest BCUT2D eigenvalue weighted by Gasteiger charge is 2.38. The van der Waals surface area contributed by atoms with Crippen molar-refractivity contribution in [1.29, 1.82) is 0 Å². The van der Waals surface area contributed by atoms with E-state index in [4.69, 9.17) is 9.47 Å². The first-order valence-corrected chi connectivity index (χ1v) is 11.4. The van der Waals surface area contributed by atoms with Crippen molar-refractivity contribution in [2.75, 3.05) is 26.5 Å². The van der Waals surface area contributed by atoms with Crippen LogP contribution in [0.1, 0.15) is 10.9 Å².